The van der Waals surface area contributed by atoms with E-state index < -0.39 is 0 Å². The number of methoxy groups -OCH3 is 1. The lowest BCUT2D eigenvalue weighted by Gasteiger charge is -2.20. The summed E-state index contributed by atoms with van der Waals surface area (Å²) in [5.74, 6) is 0.917. The quantitative estimate of drug-likeness (QED) is 0.606. The molecule has 0 amide bonds. The maximum absolute atomic E-state index is 5.52. The predicted octanol–water partition coefficient (Wildman–Crippen LogP) is 3.95. The van der Waals surface area contributed by atoms with E-state index in [4.69, 9.17) is 9.47 Å². The molecular weight excluding hydrogens is 292 g/mol. The van der Waals surface area contributed by atoms with Crippen LogP contribution < -0.4 is 4.74 Å². The monoisotopic (exact) mass is 308 g/mol. The Labute approximate surface area is 116 Å². The molecule has 2 nitrogen and oxygen atoms in total. The van der Waals surface area contributed by atoms with Crippen molar-refractivity contribution in [1.82, 2.24) is 0 Å². The number of hydrogen-bond donors (Lipinski definition) is 0. The number of halogens is 1. The van der Waals surface area contributed by atoms with Gasteiger partial charge >= 0.3 is 0 Å². The summed E-state index contributed by atoms with van der Waals surface area (Å²) in [4.78, 5) is 0. The molecule has 0 radical (unpaired) electrons. The van der Waals surface area contributed by atoms with Crippen molar-refractivity contribution < 1.29 is 9.47 Å². The first kappa shape index (κ1) is 13.4. The Morgan fingerprint density at radius 2 is 2.22 bits per heavy atom. The lowest BCUT2D eigenvalue weighted by atomic mass is 9.92. The molecule has 0 spiro atoms. The molecule has 0 bridgehead atoms. The van der Waals surface area contributed by atoms with Crippen molar-refractivity contribution in [3.8, 4) is 5.75 Å². The van der Waals surface area contributed by atoms with Gasteiger partial charge in [-0.1, -0.05) is 22.0 Å². The number of aryl methyl sites for hydroxylation is 1. The standard InChI is InChI=1S/C15H17BrO2/c1-3-8-18-10-12-5-4-11-9-13(17-2)6-7-14(11)15(12)16/h3,6-7,9H,1,4-5,8,10H2,2H3. The number of fused-ring (bicyclic) bond motifs is 1. The highest BCUT2D eigenvalue weighted by Crippen LogP contribution is 2.37. The fourth-order valence-corrected chi connectivity index (χ4v) is 2.80. The largest absolute Gasteiger partial charge is 0.497 e. The lowest BCUT2D eigenvalue weighted by Crippen LogP contribution is -2.07. The second kappa shape index (κ2) is 6.21. The Morgan fingerprint density at radius 3 is 2.94 bits per heavy atom. The van der Waals surface area contributed by atoms with Gasteiger partial charge in [-0.15, -0.1) is 6.58 Å². The third kappa shape index (κ3) is 2.85. The van der Waals surface area contributed by atoms with Crippen molar-refractivity contribution >= 4 is 20.4 Å². The average molecular weight is 309 g/mol. The van der Waals surface area contributed by atoms with Crippen molar-refractivity contribution in [2.75, 3.05) is 20.3 Å². The third-order valence-corrected chi connectivity index (χ3v) is 4.06. The summed E-state index contributed by atoms with van der Waals surface area (Å²) in [6, 6.07) is 6.20. The Kier molecular flexibility index (Phi) is 4.61. The van der Waals surface area contributed by atoms with Crippen molar-refractivity contribution in [1.29, 1.82) is 0 Å². The van der Waals surface area contributed by atoms with Gasteiger partial charge in [0.2, 0.25) is 0 Å². The first-order chi connectivity index (χ1) is 8.76. The van der Waals surface area contributed by atoms with Crippen LogP contribution in [0.4, 0.5) is 0 Å². The Bertz CT molecular complexity index is 477. The summed E-state index contributed by atoms with van der Waals surface area (Å²) in [5.41, 5.74) is 3.89. The second-order valence-electron chi connectivity index (χ2n) is 4.24. The molecule has 0 fully saturated rings. The summed E-state index contributed by atoms with van der Waals surface area (Å²) in [6.45, 7) is 4.91. The maximum Gasteiger partial charge on any atom is 0.119 e. The highest BCUT2D eigenvalue weighted by molar-refractivity contribution is 9.15. The van der Waals surface area contributed by atoms with Gasteiger partial charge in [0, 0.05) is 4.48 Å². The van der Waals surface area contributed by atoms with E-state index >= 15 is 0 Å². The summed E-state index contributed by atoms with van der Waals surface area (Å²) >= 11 is 3.69. The smallest absolute Gasteiger partial charge is 0.119 e. The first-order valence-corrected chi connectivity index (χ1v) is 6.79. The van der Waals surface area contributed by atoms with Gasteiger partial charge in [0.15, 0.2) is 0 Å². The van der Waals surface area contributed by atoms with Crippen molar-refractivity contribution in [3.05, 3.63) is 47.6 Å². The molecule has 0 aromatic heterocycles. The SMILES string of the molecule is C=CCOCC1=C(Br)c2ccc(OC)cc2CC1. The van der Waals surface area contributed by atoms with Crippen LogP contribution in [0.25, 0.3) is 4.48 Å². The number of hydrogen-bond acceptors (Lipinski definition) is 2. The molecule has 96 valence electrons. The van der Waals surface area contributed by atoms with Gasteiger partial charge < -0.3 is 9.47 Å². The van der Waals surface area contributed by atoms with E-state index in [1.165, 1.54) is 16.7 Å². The molecule has 0 heterocycles. The number of rotatable bonds is 5. The van der Waals surface area contributed by atoms with E-state index in [0.717, 1.165) is 23.1 Å². The Hall–Kier alpha value is -1.06. The normalized spacial score (nSPS) is 14.3. The van der Waals surface area contributed by atoms with Gasteiger partial charge in [0.05, 0.1) is 20.3 Å². The third-order valence-electron chi connectivity index (χ3n) is 3.07. The first-order valence-electron chi connectivity index (χ1n) is 5.99. The van der Waals surface area contributed by atoms with Crippen LogP contribution in [-0.4, -0.2) is 20.3 Å². The highest BCUT2D eigenvalue weighted by Gasteiger charge is 2.17. The molecule has 2 rings (SSSR count). The number of ether oxygens (including phenoxy) is 2. The van der Waals surface area contributed by atoms with Crippen LogP contribution in [-0.2, 0) is 11.2 Å². The van der Waals surface area contributed by atoms with Crippen LogP contribution in [0.15, 0.2) is 36.4 Å². The van der Waals surface area contributed by atoms with E-state index in [1.54, 1.807) is 13.2 Å². The molecule has 0 saturated heterocycles. The zero-order valence-corrected chi connectivity index (χ0v) is 12.1. The van der Waals surface area contributed by atoms with E-state index in [1.807, 2.05) is 6.07 Å². The zero-order chi connectivity index (χ0) is 13.0. The average Bonchev–Trinajstić information content (AvgIpc) is 2.41. The van der Waals surface area contributed by atoms with Crippen molar-refractivity contribution in [2.45, 2.75) is 12.8 Å². The van der Waals surface area contributed by atoms with Crippen LogP contribution in [0, 0.1) is 0 Å². The fourth-order valence-electron chi connectivity index (χ4n) is 2.10. The van der Waals surface area contributed by atoms with Crippen molar-refractivity contribution in [3.63, 3.8) is 0 Å². The molecule has 0 aliphatic heterocycles. The van der Waals surface area contributed by atoms with Gasteiger partial charge in [-0.3, -0.25) is 0 Å². The van der Waals surface area contributed by atoms with E-state index in [0.29, 0.717) is 13.2 Å². The summed E-state index contributed by atoms with van der Waals surface area (Å²) in [5, 5.41) is 0. The predicted molar refractivity (Wildman–Crippen MR) is 78.2 cm³/mol. The molecule has 0 unspecified atom stereocenters. The van der Waals surface area contributed by atoms with Crippen LogP contribution >= 0.6 is 15.9 Å². The summed E-state index contributed by atoms with van der Waals surface area (Å²) in [7, 11) is 1.70. The van der Waals surface area contributed by atoms with Crippen LogP contribution in [0.3, 0.4) is 0 Å². The molecule has 1 aromatic carbocycles. The summed E-state index contributed by atoms with van der Waals surface area (Å²) < 4.78 is 11.9. The topological polar surface area (TPSA) is 18.5 Å². The minimum atomic E-state index is 0.596. The highest BCUT2D eigenvalue weighted by atomic mass is 79.9. The van der Waals surface area contributed by atoms with Gasteiger partial charge in [-0.2, -0.15) is 0 Å². The zero-order valence-electron chi connectivity index (χ0n) is 10.5. The minimum Gasteiger partial charge on any atom is -0.497 e. The molecule has 0 atom stereocenters. The molecule has 1 aliphatic carbocycles. The van der Waals surface area contributed by atoms with Gasteiger partial charge in [0.25, 0.3) is 0 Å². The summed E-state index contributed by atoms with van der Waals surface area (Å²) in [6.07, 6.45) is 3.84. The maximum atomic E-state index is 5.52. The molecule has 1 aromatic rings. The lowest BCUT2D eigenvalue weighted by molar-refractivity contribution is 0.185. The Morgan fingerprint density at radius 1 is 1.39 bits per heavy atom. The molecular formula is C15H17BrO2. The molecule has 1 aliphatic rings. The van der Waals surface area contributed by atoms with Gasteiger partial charge in [0.1, 0.15) is 5.75 Å². The second-order valence-corrected chi connectivity index (χ2v) is 5.04. The Balaban J connectivity index is 2.21. The van der Waals surface area contributed by atoms with Crippen molar-refractivity contribution in [2.24, 2.45) is 0 Å². The van der Waals surface area contributed by atoms with Gasteiger partial charge in [-0.25, -0.2) is 0 Å². The van der Waals surface area contributed by atoms with E-state index in [9.17, 15) is 0 Å². The molecule has 3 heteroatoms. The van der Waals surface area contributed by atoms with Crippen LogP contribution in [0.1, 0.15) is 17.5 Å². The van der Waals surface area contributed by atoms with Gasteiger partial charge in [-0.05, 0) is 47.7 Å². The number of benzene rings is 1. The molecule has 0 saturated carbocycles. The fraction of sp³-hybridized carbons (Fsp3) is 0.333. The molecule has 0 N–H and O–H groups in total. The minimum absolute atomic E-state index is 0.596. The van der Waals surface area contributed by atoms with Crippen LogP contribution in [0.2, 0.25) is 0 Å². The van der Waals surface area contributed by atoms with Crippen LogP contribution in [0.5, 0.6) is 5.75 Å². The van der Waals surface area contributed by atoms with E-state index in [-0.39, 0.29) is 0 Å². The van der Waals surface area contributed by atoms with E-state index in [2.05, 4.69) is 34.6 Å². The molecule has 18 heavy (non-hydrogen) atoms.